The van der Waals surface area contributed by atoms with E-state index in [1.165, 1.54) is 0 Å². The minimum absolute atomic E-state index is 0.0326. The minimum Gasteiger partial charge on any atom is -0.444 e. The van der Waals surface area contributed by atoms with Gasteiger partial charge in [-0.2, -0.15) is 0 Å². The molecule has 1 aromatic carbocycles. The molecule has 0 bridgehead atoms. The highest BCUT2D eigenvalue weighted by molar-refractivity contribution is 5.92. The number of benzene rings is 1. The van der Waals surface area contributed by atoms with Crippen molar-refractivity contribution < 1.29 is 14.3 Å². The van der Waals surface area contributed by atoms with Gasteiger partial charge in [-0.3, -0.25) is 10.1 Å². The number of rotatable bonds is 5. The lowest BCUT2D eigenvalue weighted by Crippen LogP contribution is -2.38. The van der Waals surface area contributed by atoms with Gasteiger partial charge in [-0.15, -0.1) is 0 Å². The second-order valence-corrected chi connectivity index (χ2v) is 5.87. The summed E-state index contributed by atoms with van der Waals surface area (Å²) in [5.41, 5.74) is 0.339. The SMILES string of the molecule is CC[C@H](CC(=O)NC(=O)OC(C)(C)C)Nc1ccccc1. The second-order valence-electron chi connectivity index (χ2n) is 5.87. The Labute approximate surface area is 126 Å². The van der Waals surface area contributed by atoms with Gasteiger partial charge in [0, 0.05) is 18.2 Å². The zero-order valence-electron chi connectivity index (χ0n) is 13.1. The molecule has 0 radical (unpaired) electrons. The van der Waals surface area contributed by atoms with Crippen LogP contribution >= 0.6 is 0 Å². The number of amides is 2. The van der Waals surface area contributed by atoms with Crippen LogP contribution in [0, 0.1) is 0 Å². The predicted molar refractivity (Wildman–Crippen MR) is 83.1 cm³/mol. The van der Waals surface area contributed by atoms with Crippen LogP contribution in [0.2, 0.25) is 0 Å². The van der Waals surface area contributed by atoms with Gasteiger partial charge in [0.15, 0.2) is 0 Å². The van der Waals surface area contributed by atoms with Gasteiger partial charge in [0.1, 0.15) is 5.60 Å². The van der Waals surface area contributed by atoms with Crippen LogP contribution in [0.25, 0.3) is 0 Å². The fraction of sp³-hybridized carbons (Fsp3) is 0.500. The largest absolute Gasteiger partial charge is 0.444 e. The van der Waals surface area contributed by atoms with Crippen molar-refractivity contribution in [1.29, 1.82) is 0 Å². The highest BCUT2D eigenvalue weighted by atomic mass is 16.6. The lowest BCUT2D eigenvalue weighted by atomic mass is 10.1. The lowest BCUT2D eigenvalue weighted by Gasteiger charge is -2.20. The van der Waals surface area contributed by atoms with Gasteiger partial charge < -0.3 is 10.1 Å². The van der Waals surface area contributed by atoms with Gasteiger partial charge in [-0.05, 0) is 39.3 Å². The van der Waals surface area contributed by atoms with Gasteiger partial charge >= 0.3 is 6.09 Å². The molecule has 1 aromatic rings. The van der Waals surface area contributed by atoms with Crippen LogP contribution in [0.15, 0.2) is 30.3 Å². The first-order valence-corrected chi connectivity index (χ1v) is 7.14. The van der Waals surface area contributed by atoms with E-state index in [-0.39, 0.29) is 18.4 Å². The summed E-state index contributed by atoms with van der Waals surface area (Å²) in [5, 5.41) is 5.52. The van der Waals surface area contributed by atoms with Gasteiger partial charge in [0.05, 0.1) is 0 Å². The molecule has 0 saturated heterocycles. The highest BCUT2D eigenvalue weighted by Gasteiger charge is 2.19. The first-order valence-electron chi connectivity index (χ1n) is 7.14. The van der Waals surface area contributed by atoms with Crippen LogP contribution in [0.5, 0.6) is 0 Å². The monoisotopic (exact) mass is 292 g/mol. The topological polar surface area (TPSA) is 67.4 Å². The van der Waals surface area contributed by atoms with Crippen LogP contribution in [0.1, 0.15) is 40.5 Å². The molecule has 5 nitrogen and oxygen atoms in total. The summed E-state index contributed by atoms with van der Waals surface area (Å²) in [7, 11) is 0. The number of imide groups is 1. The number of para-hydroxylation sites is 1. The summed E-state index contributed by atoms with van der Waals surface area (Å²) in [6.45, 7) is 7.25. The maximum absolute atomic E-state index is 11.8. The Hall–Kier alpha value is -2.04. The second kappa shape index (κ2) is 7.67. The number of nitrogens with one attached hydrogen (secondary N) is 2. The molecule has 0 heterocycles. The molecule has 0 spiro atoms. The number of ether oxygens (including phenoxy) is 1. The van der Waals surface area contributed by atoms with Gasteiger partial charge in [0.2, 0.25) is 5.91 Å². The number of anilines is 1. The van der Waals surface area contributed by atoms with E-state index in [9.17, 15) is 9.59 Å². The Balaban J connectivity index is 2.46. The van der Waals surface area contributed by atoms with Crippen molar-refractivity contribution in [2.24, 2.45) is 0 Å². The molecule has 116 valence electrons. The molecule has 0 fully saturated rings. The lowest BCUT2D eigenvalue weighted by molar-refractivity contribution is -0.120. The summed E-state index contributed by atoms with van der Waals surface area (Å²) in [5.74, 6) is -0.348. The number of hydrogen-bond donors (Lipinski definition) is 2. The highest BCUT2D eigenvalue weighted by Crippen LogP contribution is 2.11. The molecule has 1 atom stereocenters. The summed E-state index contributed by atoms with van der Waals surface area (Å²) < 4.78 is 5.05. The maximum Gasteiger partial charge on any atom is 0.414 e. The average molecular weight is 292 g/mol. The Kier molecular flexibility index (Phi) is 6.21. The minimum atomic E-state index is -0.706. The molecular formula is C16H24N2O3. The first kappa shape index (κ1) is 17.0. The third kappa shape index (κ3) is 7.34. The average Bonchev–Trinajstić information content (AvgIpc) is 2.36. The molecule has 0 unspecified atom stereocenters. The summed E-state index contributed by atoms with van der Waals surface area (Å²) in [6.07, 6.45) is 0.281. The fourth-order valence-electron chi connectivity index (χ4n) is 1.76. The summed E-state index contributed by atoms with van der Waals surface area (Å²) in [6, 6.07) is 9.63. The molecule has 1 rings (SSSR count). The molecule has 21 heavy (non-hydrogen) atoms. The van der Waals surface area contributed by atoms with E-state index in [2.05, 4.69) is 10.6 Å². The third-order valence-electron chi connectivity index (χ3n) is 2.71. The van der Waals surface area contributed by atoms with Crippen molar-refractivity contribution in [2.75, 3.05) is 5.32 Å². The quantitative estimate of drug-likeness (QED) is 0.873. The fourth-order valence-corrected chi connectivity index (χ4v) is 1.76. The maximum atomic E-state index is 11.8. The number of alkyl carbamates (subject to hydrolysis) is 1. The van der Waals surface area contributed by atoms with Crippen LogP contribution in [-0.4, -0.2) is 23.6 Å². The van der Waals surface area contributed by atoms with E-state index in [0.29, 0.717) is 0 Å². The van der Waals surface area contributed by atoms with E-state index >= 15 is 0 Å². The molecule has 5 heteroatoms. The summed E-state index contributed by atoms with van der Waals surface area (Å²) in [4.78, 5) is 23.4. The van der Waals surface area contributed by atoms with Crippen molar-refractivity contribution in [1.82, 2.24) is 5.32 Å². The van der Waals surface area contributed by atoms with Gasteiger partial charge in [0.25, 0.3) is 0 Å². The molecule has 0 aliphatic rings. The number of carbonyl (C=O) groups excluding carboxylic acids is 2. The van der Waals surface area contributed by atoms with E-state index in [4.69, 9.17) is 4.74 Å². The normalized spacial score (nSPS) is 12.4. The first-order chi connectivity index (χ1) is 9.80. The van der Waals surface area contributed by atoms with Gasteiger partial charge in [-0.1, -0.05) is 25.1 Å². The Bertz CT molecular complexity index is 466. The zero-order chi connectivity index (χ0) is 15.9. The van der Waals surface area contributed by atoms with E-state index in [1.54, 1.807) is 20.8 Å². The van der Waals surface area contributed by atoms with Crippen molar-refractivity contribution in [3.63, 3.8) is 0 Å². The van der Waals surface area contributed by atoms with Crippen LogP contribution in [-0.2, 0) is 9.53 Å². The number of carbonyl (C=O) groups is 2. The molecule has 0 aliphatic carbocycles. The van der Waals surface area contributed by atoms with Crippen molar-refractivity contribution in [3.05, 3.63) is 30.3 Å². The third-order valence-corrected chi connectivity index (χ3v) is 2.71. The van der Waals surface area contributed by atoms with Crippen molar-refractivity contribution >= 4 is 17.7 Å². The van der Waals surface area contributed by atoms with Crippen LogP contribution in [0.3, 0.4) is 0 Å². The Morgan fingerprint density at radius 1 is 1.19 bits per heavy atom. The Morgan fingerprint density at radius 3 is 2.33 bits per heavy atom. The van der Waals surface area contributed by atoms with Crippen LogP contribution in [0.4, 0.5) is 10.5 Å². The van der Waals surface area contributed by atoms with E-state index in [0.717, 1.165) is 12.1 Å². The number of hydrogen-bond acceptors (Lipinski definition) is 4. The van der Waals surface area contributed by atoms with Crippen LogP contribution < -0.4 is 10.6 Å². The standard InChI is InChI=1S/C16H24N2O3/c1-5-12(17-13-9-7-6-8-10-13)11-14(19)18-15(20)21-16(2,3)4/h6-10,12,17H,5,11H2,1-4H3,(H,18,19,20)/t12-/m1/s1. The van der Waals surface area contributed by atoms with E-state index in [1.807, 2.05) is 37.3 Å². The molecule has 2 amide bonds. The molecular weight excluding hydrogens is 268 g/mol. The predicted octanol–water partition coefficient (Wildman–Crippen LogP) is 3.32. The van der Waals surface area contributed by atoms with E-state index < -0.39 is 11.7 Å². The van der Waals surface area contributed by atoms with Crippen molar-refractivity contribution in [2.45, 2.75) is 52.2 Å². The van der Waals surface area contributed by atoms with Crippen molar-refractivity contribution in [3.8, 4) is 0 Å². The summed E-state index contributed by atoms with van der Waals surface area (Å²) >= 11 is 0. The molecule has 0 aromatic heterocycles. The Morgan fingerprint density at radius 2 is 1.81 bits per heavy atom. The smallest absolute Gasteiger partial charge is 0.414 e. The zero-order valence-corrected chi connectivity index (χ0v) is 13.1. The molecule has 0 aliphatic heterocycles. The molecule has 2 N–H and O–H groups in total. The van der Waals surface area contributed by atoms with Gasteiger partial charge in [-0.25, -0.2) is 4.79 Å². The molecule has 0 saturated carbocycles.